The zero-order chi connectivity index (χ0) is 26.4. The van der Waals surface area contributed by atoms with Crippen LogP contribution in [0.4, 0.5) is 4.79 Å². The van der Waals surface area contributed by atoms with Gasteiger partial charge in [-0.05, 0) is 65.6 Å². The van der Waals surface area contributed by atoms with Crippen molar-refractivity contribution < 1.29 is 33.3 Å². The highest BCUT2D eigenvalue weighted by Gasteiger charge is 2.31. The molecule has 0 bridgehead atoms. The van der Waals surface area contributed by atoms with E-state index < -0.39 is 11.2 Å². The van der Waals surface area contributed by atoms with Crippen LogP contribution in [0.3, 0.4) is 0 Å². The molecular weight excluding hydrogens is 494 g/mol. The van der Waals surface area contributed by atoms with Crippen LogP contribution in [0, 0.1) is 0 Å². The fourth-order valence-corrected chi connectivity index (χ4v) is 4.58. The molecule has 2 amide bonds. The van der Waals surface area contributed by atoms with Crippen LogP contribution in [-0.2, 0) is 20.7 Å². The van der Waals surface area contributed by atoms with Crippen molar-refractivity contribution in [1.82, 2.24) is 5.32 Å². The van der Waals surface area contributed by atoms with Gasteiger partial charge in [-0.3, -0.25) is 14.9 Å². The second kappa shape index (κ2) is 11.7. The second-order valence-electron chi connectivity index (χ2n) is 8.05. The number of carbonyl (C=O) groups is 3. The van der Waals surface area contributed by atoms with Gasteiger partial charge in [0.15, 0.2) is 0 Å². The van der Waals surface area contributed by atoms with Crippen LogP contribution in [0.25, 0.3) is 11.6 Å². The van der Waals surface area contributed by atoms with Gasteiger partial charge in [-0.25, -0.2) is 4.79 Å². The molecule has 9 heteroatoms. The highest BCUT2D eigenvalue weighted by Crippen LogP contribution is 2.29. The number of hydrogen-bond donors (Lipinski definition) is 1. The minimum atomic E-state index is -0.484. The molecule has 3 aromatic carbocycles. The summed E-state index contributed by atoms with van der Waals surface area (Å²) in [5.74, 6) is 1.65. The van der Waals surface area contributed by atoms with Gasteiger partial charge in [0.2, 0.25) is 5.91 Å². The monoisotopic (exact) mass is 519 g/mol. The van der Waals surface area contributed by atoms with E-state index in [9.17, 15) is 14.4 Å². The molecule has 1 aliphatic rings. The Balaban J connectivity index is 1.49. The molecular formula is C28H25NO7S. The Morgan fingerprint density at radius 1 is 0.865 bits per heavy atom. The van der Waals surface area contributed by atoms with E-state index in [4.69, 9.17) is 18.9 Å². The summed E-state index contributed by atoms with van der Waals surface area (Å²) in [6.07, 6.45) is 2.17. The number of ether oxygens (including phenoxy) is 4. The molecule has 1 saturated heterocycles. The average molecular weight is 520 g/mol. The Bertz CT molecular complexity index is 1310. The van der Waals surface area contributed by atoms with E-state index in [2.05, 4.69) is 5.32 Å². The quantitative estimate of drug-likeness (QED) is 0.237. The van der Waals surface area contributed by atoms with Crippen molar-refractivity contribution in [3.63, 3.8) is 0 Å². The van der Waals surface area contributed by atoms with Crippen LogP contribution in [-0.4, -0.2) is 43.7 Å². The zero-order valence-corrected chi connectivity index (χ0v) is 21.3. The van der Waals surface area contributed by atoms with Crippen molar-refractivity contribution in [3.05, 3.63) is 83.4 Å². The second-order valence-corrected chi connectivity index (χ2v) is 9.23. The highest BCUT2D eigenvalue weighted by atomic mass is 32.2. The van der Waals surface area contributed by atoms with E-state index in [0.717, 1.165) is 22.9 Å². The molecule has 1 heterocycles. The molecule has 1 fully saturated rings. The van der Waals surface area contributed by atoms with Crippen molar-refractivity contribution in [2.45, 2.75) is 11.7 Å². The molecule has 3 aromatic rings. The lowest BCUT2D eigenvalue weighted by molar-refractivity contribution is -0.133. The van der Waals surface area contributed by atoms with Gasteiger partial charge in [-0.1, -0.05) is 36.0 Å². The fraction of sp³-hybridized carbons (Fsp3) is 0.179. The van der Waals surface area contributed by atoms with Gasteiger partial charge in [0, 0.05) is 6.07 Å². The molecule has 4 rings (SSSR count). The SMILES string of the molecule is COC(=O)/C(=C/c1cc(OC)cc(OC)c1)c1ccc(Oc2ccc(CC3SC(=O)NC3=O)cc2)cc1. The van der Waals surface area contributed by atoms with Crippen LogP contribution in [0.2, 0.25) is 0 Å². The predicted octanol–water partition coefficient (Wildman–Crippen LogP) is 5.10. The number of rotatable bonds is 9. The Labute approximate surface area is 218 Å². The van der Waals surface area contributed by atoms with E-state index in [-0.39, 0.29) is 11.1 Å². The summed E-state index contributed by atoms with van der Waals surface area (Å²) < 4.78 is 21.6. The molecule has 190 valence electrons. The third-order valence-corrected chi connectivity index (χ3v) is 6.58. The molecule has 8 nitrogen and oxygen atoms in total. The van der Waals surface area contributed by atoms with Crippen molar-refractivity contribution >= 4 is 40.5 Å². The number of nitrogens with one attached hydrogen (secondary N) is 1. The lowest BCUT2D eigenvalue weighted by Crippen LogP contribution is -2.25. The third kappa shape index (κ3) is 6.50. The van der Waals surface area contributed by atoms with Gasteiger partial charge >= 0.3 is 5.97 Å². The summed E-state index contributed by atoms with van der Waals surface area (Å²) in [7, 11) is 4.45. The van der Waals surface area contributed by atoms with Crippen molar-refractivity contribution in [3.8, 4) is 23.0 Å². The fourth-order valence-electron chi connectivity index (χ4n) is 3.72. The van der Waals surface area contributed by atoms with Crippen molar-refractivity contribution in [2.24, 2.45) is 0 Å². The number of thioether (sulfide) groups is 1. The molecule has 1 N–H and O–H groups in total. The van der Waals surface area contributed by atoms with Crippen LogP contribution in [0.5, 0.6) is 23.0 Å². The molecule has 1 unspecified atom stereocenters. The Morgan fingerprint density at radius 3 is 1.97 bits per heavy atom. The maximum Gasteiger partial charge on any atom is 0.338 e. The first-order valence-corrected chi connectivity index (χ1v) is 12.2. The van der Waals surface area contributed by atoms with E-state index in [1.807, 2.05) is 12.1 Å². The predicted molar refractivity (Wildman–Crippen MR) is 141 cm³/mol. The first kappa shape index (κ1) is 25.8. The van der Waals surface area contributed by atoms with Crippen molar-refractivity contribution in [2.75, 3.05) is 21.3 Å². The number of carbonyl (C=O) groups excluding carboxylic acids is 3. The van der Waals surface area contributed by atoms with Gasteiger partial charge in [0.05, 0.1) is 32.2 Å². The van der Waals surface area contributed by atoms with E-state index >= 15 is 0 Å². The molecule has 1 atom stereocenters. The lowest BCUT2D eigenvalue weighted by atomic mass is 10.0. The maximum atomic E-state index is 12.6. The van der Waals surface area contributed by atoms with Gasteiger partial charge in [0.1, 0.15) is 23.0 Å². The van der Waals surface area contributed by atoms with E-state index in [1.165, 1.54) is 7.11 Å². The number of esters is 1. The molecule has 1 aliphatic heterocycles. The molecule has 0 aliphatic carbocycles. The van der Waals surface area contributed by atoms with Gasteiger partial charge in [0.25, 0.3) is 5.24 Å². The summed E-state index contributed by atoms with van der Waals surface area (Å²) in [5, 5.41) is 1.57. The minimum Gasteiger partial charge on any atom is -0.497 e. The molecule has 0 aromatic heterocycles. The van der Waals surface area contributed by atoms with E-state index in [0.29, 0.717) is 40.6 Å². The summed E-state index contributed by atoms with van der Waals surface area (Å²) in [6, 6.07) is 19.7. The first-order valence-electron chi connectivity index (χ1n) is 11.3. The number of amides is 2. The number of benzene rings is 3. The molecule has 37 heavy (non-hydrogen) atoms. The van der Waals surface area contributed by atoms with Crippen LogP contribution in [0.15, 0.2) is 66.7 Å². The standard InChI is InChI=1S/C28H25NO7S/c1-33-22-12-18(13-23(16-22)34-2)14-24(27(31)35-3)19-6-10-21(11-7-19)36-20-8-4-17(5-9-20)15-25-26(30)29-28(32)37-25/h4-14,16,25H,15H2,1-3H3,(H,29,30,32)/b24-14+. The van der Waals surface area contributed by atoms with Gasteiger partial charge in [-0.15, -0.1) is 0 Å². The summed E-state index contributed by atoms with van der Waals surface area (Å²) >= 11 is 1.01. The lowest BCUT2D eigenvalue weighted by Gasteiger charge is -2.11. The summed E-state index contributed by atoms with van der Waals surface area (Å²) in [5.41, 5.74) is 2.65. The van der Waals surface area contributed by atoms with Gasteiger partial charge in [-0.2, -0.15) is 0 Å². The Morgan fingerprint density at radius 2 is 1.46 bits per heavy atom. The van der Waals surface area contributed by atoms with Crippen LogP contribution in [0.1, 0.15) is 16.7 Å². The normalized spacial score (nSPS) is 15.2. The van der Waals surface area contributed by atoms with Gasteiger partial charge < -0.3 is 18.9 Å². The third-order valence-electron chi connectivity index (χ3n) is 5.60. The summed E-state index contributed by atoms with van der Waals surface area (Å²) in [4.78, 5) is 35.7. The Hall–Kier alpha value is -4.24. The number of hydrogen-bond acceptors (Lipinski definition) is 8. The zero-order valence-electron chi connectivity index (χ0n) is 20.5. The molecule has 0 saturated carbocycles. The van der Waals surface area contributed by atoms with E-state index in [1.54, 1.807) is 74.9 Å². The molecule has 0 radical (unpaired) electrons. The smallest absolute Gasteiger partial charge is 0.338 e. The highest BCUT2D eigenvalue weighted by molar-refractivity contribution is 8.15. The average Bonchev–Trinajstić information content (AvgIpc) is 3.24. The topological polar surface area (TPSA) is 100 Å². The maximum absolute atomic E-state index is 12.6. The van der Waals surface area contributed by atoms with Crippen LogP contribution >= 0.6 is 11.8 Å². The first-order chi connectivity index (χ1) is 17.9. The molecule has 0 spiro atoms. The number of methoxy groups -OCH3 is 3. The Kier molecular flexibility index (Phi) is 8.15. The number of imide groups is 1. The van der Waals surface area contributed by atoms with Crippen molar-refractivity contribution in [1.29, 1.82) is 0 Å². The summed E-state index contributed by atoms with van der Waals surface area (Å²) in [6.45, 7) is 0. The minimum absolute atomic E-state index is 0.263. The van der Waals surface area contributed by atoms with Crippen LogP contribution < -0.4 is 19.5 Å². The largest absolute Gasteiger partial charge is 0.497 e.